The van der Waals surface area contributed by atoms with Gasteiger partial charge in [-0.2, -0.15) is 0 Å². The molecule has 0 aromatic carbocycles. The Balaban J connectivity index is 1.87. The van der Waals surface area contributed by atoms with Crippen molar-refractivity contribution in [3.05, 3.63) is 55.9 Å². The lowest BCUT2D eigenvalue weighted by Crippen LogP contribution is -2.40. The molecule has 0 atom stereocenters. The van der Waals surface area contributed by atoms with E-state index >= 15 is 0 Å². The van der Waals surface area contributed by atoms with Crippen LogP contribution in [0.2, 0.25) is 0 Å². The number of hydrogen-bond acceptors (Lipinski definition) is 5. The molecule has 0 saturated heterocycles. The summed E-state index contributed by atoms with van der Waals surface area (Å²) in [6.07, 6.45) is 2.78. The van der Waals surface area contributed by atoms with Crippen molar-refractivity contribution in [3.8, 4) is 0 Å². The van der Waals surface area contributed by atoms with Crippen molar-refractivity contribution in [1.82, 2.24) is 24.0 Å². The van der Waals surface area contributed by atoms with Crippen molar-refractivity contribution in [2.45, 2.75) is 26.4 Å². The molecule has 0 spiro atoms. The van der Waals surface area contributed by atoms with Crippen LogP contribution < -0.4 is 11.2 Å². The molecule has 0 fully saturated rings. The molecule has 0 bridgehead atoms. The van der Waals surface area contributed by atoms with Gasteiger partial charge in [-0.05, 0) is 18.9 Å². The SMILES string of the molecule is Cc1ncc2c(n1)CN(Cc1cc(=O)n(C)c(=O)n1C)CC2. The van der Waals surface area contributed by atoms with Crippen LogP contribution in [0, 0.1) is 6.92 Å². The zero-order chi connectivity index (χ0) is 15.9. The number of fused-ring (bicyclic) bond motifs is 1. The van der Waals surface area contributed by atoms with Crippen molar-refractivity contribution >= 4 is 0 Å². The molecular formula is C15H19N5O2. The maximum atomic E-state index is 12.0. The lowest BCUT2D eigenvalue weighted by Gasteiger charge is -2.28. The highest BCUT2D eigenvalue weighted by molar-refractivity contribution is 5.20. The highest BCUT2D eigenvalue weighted by Gasteiger charge is 2.19. The van der Waals surface area contributed by atoms with Crippen LogP contribution in [0.15, 0.2) is 21.9 Å². The number of hydrogen-bond donors (Lipinski definition) is 0. The summed E-state index contributed by atoms with van der Waals surface area (Å²) < 4.78 is 2.65. The minimum absolute atomic E-state index is 0.270. The number of aryl methyl sites for hydroxylation is 1. The van der Waals surface area contributed by atoms with E-state index in [9.17, 15) is 9.59 Å². The van der Waals surface area contributed by atoms with E-state index in [0.717, 1.165) is 34.7 Å². The maximum absolute atomic E-state index is 12.0. The molecule has 3 heterocycles. The molecule has 0 unspecified atom stereocenters. The average molecular weight is 301 g/mol. The first-order valence-electron chi connectivity index (χ1n) is 7.25. The zero-order valence-corrected chi connectivity index (χ0v) is 13.0. The minimum Gasteiger partial charge on any atom is -0.299 e. The van der Waals surface area contributed by atoms with Crippen LogP contribution >= 0.6 is 0 Å². The molecule has 3 rings (SSSR count). The van der Waals surface area contributed by atoms with Gasteiger partial charge in [0, 0.05) is 51.7 Å². The molecular weight excluding hydrogens is 282 g/mol. The molecule has 7 nitrogen and oxygen atoms in total. The third-order valence-corrected chi connectivity index (χ3v) is 4.16. The molecule has 1 aliphatic rings. The van der Waals surface area contributed by atoms with E-state index in [2.05, 4.69) is 14.9 Å². The number of rotatable bonds is 2. The maximum Gasteiger partial charge on any atom is 0.330 e. The largest absolute Gasteiger partial charge is 0.330 e. The summed E-state index contributed by atoms with van der Waals surface area (Å²) >= 11 is 0. The molecule has 116 valence electrons. The predicted octanol–water partition coefficient (Wildman–Crippen LogP) is -0.259. The van der Waals surface area contributed by atoms with Gasteiger partial charge in [0.25, 0.3) is 5.56 Å². The van der Waals surface area contributed by atoms with E-state index in [4.69, 9.17) is 0 Å². The van der Waals surface area contributed by atoms with Gasteiger partial charge in [0.15, 0.2) is 0 Å². The van der Waals surface area contributed by atoms with Crippen molar-refractivity contribution in [2.24, 2.45) is 14.1 Å². The molecule has 0 radical (unpaired) electrons. The Hall–Kier alpha value is -2.28. The van der Waals surface area contributed by atoms with E-state index < -0.39 is 0 Å². The second-order valence-electron chi connectivity index (χ2n) is 5.72. The number of aromatic nitrogens is 4. The minimum atomic E-state index is -0.293. The highest BCUT2D eigenvalue weighted by Crippen LogP contribution is 2.17. The number of nitrogens with zero attached hydrogens (tertiary/aromatic N) is 5. The van der Waals surface area contributed by atoms with Gasteiger partial charge in [-0.1, -0.05) is 0 Å². The van der Waals surface area contributed by atoms with Gasteiger partial charge in [0.2, 0.25) is 0 Å². The van der Waals surface area contributed by atoms with Crippen molar-refractivity contribution < 1.29 is 0 Å². The molecule has 2 aromatic rings. The first kappa shape index (κ1) is 14.6. The van der Waals surface area contributed by atoms with Crippen molar-refractivity contribution in [1.29, 1.82) is 0 Å². The smallest absolute Gasteiger partial charge is 0.299 e. The van der Waals surface area contributed by atoms with Crippen LogP contribution in [-0.2, 0) is 33.6 Å². The van der Waals surface area contributed by atoms with Gasteiger partial charge >= 0.3 is 5.69 Å². The Labute approximate surface area is 127 Å². The van der Waals surface area contributed by atoms with E-state index in [0.29, 0.717) is 13.1 Å². The molecule has 0 amide bonds. The summed E-state index contributed by atoms with van der Waals surface area (Å²) in [7, 11) is 3.19. The fraction of sp³-hybridized carbons (Fsp3) is 0.467. The molecule has 0 aliphatic carbocycles. The summed E-state index contributed by atoms with van der Waals surface area (Å²) in [6, 6.07) is 1.53. The topological polar surface area (TPSA) is 73.0 Å². The van der Waals surface area contributed by atoms with Crippen LogP contribution in [0.4, 0.5) is 0 Å². The van der Waals surface area contributed by atoms with Crippen molar-refractivity contribution in [3.63, 3.8) is 0 Å². The summed E-state index contributed by atoms with van der Waals surface area (Å²) in [5.74, 6) is 0.765. The second kappa shape index (κ2) is 5.49. The first-order valence-corrected chi connectivity index (χ1v) is 7.25. The van der Waals surface area contributed by atoms with Gasteiger partial charge in [0.05, 0.1) is 5.69 Å². The van der Waals surface area contributed by atoms with Gasteiger partial charge in [-0.25, -0.2) is 14.8 Å². The summed E-state index contributed by atoms with van der Waals surface area (Å²) in [5, 5.41) is 0. The summed E-state index contributed by atoms with van der Waals surface area (Å²) in [5.41, 5.74) is 2.38. The first-order chi connectivity index (χ1) is 10.5. The Morgan fingerprint density at radius 2 is 2.00 bits per heavy atom. The van der Waals surface area contributed by atoms with Crippen LogP contribution in [0.3, 0.4) is 0 Å². The summed E-state index contributed by atoms with van der Waals surface area (Å²) in [6.45, 7) is 4.01. The Morgan fingerprint density at radius 1 is 1.23 bits per heavy atom. The van der Waals surface area contributed by atoms with Crippen LogP contribution in [0.25, 0.3) is 0 Å². The van der Waals surface area contributed by atoms with Gasteiger partial charge in [0.1, 0.15) is 5.82 Å². The van der Waals surface area contributed by atoms with E-state index in [1.165, 1.54) is 23.2 Å². The Bertz CT molecular complexity index is 837. The van der Waals surface area contributed by atoms with Crippen LogP contribution in [0.1, 0.15) is 22.8 Å². The van der Waals surface area contributed by atoms with E-state index in [-0.39, 0.29) is 11.2 Å². The molecule has 2 aromatic heterocycles. The van der Waals surface area contributed by atoms with Gasteiger partial charge in [-0.15, -0.1) is 0 Å². The van der Waals surface area contributed by atoms with Crippen LogP contribution in [-0.4, -0.2) is 30.5 Å². The standard InChI is InChI=1S/C15H19N5O2/c1-10-16-7-11-4-5-20(9-13(11)17-10)8-12-6-14(21)19(3)15(22)18(12)2/h6-7H,4-5,8-9H2,1-3H3. The third-order valence-electron chi connectivity index (χ3n) is 4.16. The lowest BCUT2D eigenvalue weighted by molar-refractivity contribution is 0.234. The molecule has 7 heteroatoms. The molecule has 1 aliphatic heterocycles. The lowest BCUT2D eigenvalue weighted by atomic mass is 10.1. The second-order valence-corrected chi connectivity index (χ2v) is 5.72. The van der Waals surface area contributed by atoms with Gasteiger partial charge < -0.3 is 0 Å². The van der Waals surface area contributed by atoms with Crippen molar-refractivity contribution in [2.75, 3.05) is 6.54 Å². The fourth-order valence-corrected chi connectivity index (χ4v) is 2.75. The monoisotopic (exact) mass is 301 g/mol. The Morgan fingerprint density at radius 3 is 2.77 bits per heavy atom. The highest BCUT2D eigenvalue weighted by atomic mass is 16.2. The zero-order valence-electron chi connectivity index (χ0n) is 13.0. The summed E-state index contributed by atoms with van der Waals surface area (Å²) in [4.78, 5) is 34.7. The van der Waals surface area contributed by atoms with Gasteiger partial charge in [-0.3, -0.25) is 18.8 Å². The Kier molecular flexibility index (Phi) is 3.66. The van der Waals surface area contributed by atoms with Crippen LogP contribution in [0.5, 0.6) is 0 Å². The third kappa shape index (κ3) is 2.59. The molecule has 22 heavy (non-hydrogen) atoms. The molecule has 0 N–H and O–H groups in total. The van der Waals surface area contributed by atoms with E-state index in [1.807, 2.05) is 13.1 Å². The van der Waals surface area contributed by atoms with E-state index in [1.54, 1.807) is 7.05 Å². The molecule has 0 saturated carbocycles. The normalized spacial score (nSPS) is 14.9. The predicted molar refractivity (Wildman–Crippen MR) is 81.5 cm³/mol. The fourth-order valence-electron chi connectivity index (χ4n) is 2.75. The average Bonchev–Trinajstić information content (AvgIpc) is 2.50. The quantitative estimate of drug-likeness (QED) is 0.764.